The molecule has 3 heterocycles. The Bertz CT molecular complexity index is 1530. The van der Waals surface area contributed by atoms with Crippen LogP contribution in [0.15, 0.2) is 54.9 Å². The fraction of sp³-hybridized carbons (Fsp3) is 0.333. The number of benzene rings is 3. The van der Waals surface area contributed by atoms with Crippen LogP contribution in [-0.2, 0) is 11.3 Å². The maximum absolute atomic E-state index is 15.2. The zero-order valence-electron chi connectivity index (χ0n) is 22.4. The minimum absolute atomic E-state index is 0.129. The molecule has 0 radical (unpaired) electrons. The summed E-state index contributed by atoms with van der Waals surface area (Å²) in [7, 11) is 2.08. The van der Waals surface area contributed by atoms with Gasteiger partial charge >= 0.3 is 0 Å². The number of fused-ring (bicyclic) bond motifs is 1. The maximum atomic E-state index is 15.2. The van der Waals surface area contributed by atoms with Crippen molar-refractivity contribution in [3.8, 4) is 11.1 Å². The molecule has 1 aromatic heterocycles. The van der Waals surface area contributed by atoms with Crippen molar-refractivity contribution in [3.05, 3.63) is 77.6 Å². The Morgan fingerprint density at radius 3 is 2.60 bits per heavy atom. The molecule has 2 aliphatic heterocycles. The van der Waals surface area contributed by atoms with Crippen LogP contribution in [0.4, 0.5) is 20.2 Å². The van der Waals surface area contributed by atoms with E-state index in [4.69, 9.17) is 4.74 Å². The summed E-state index contributed by atoms with van der Waals surface area (Å²) in [5.74, 6) is -1.35. The van der Waals surface area contributed by atoms with Gasteiger partial charge in [-0.15, -0.1) is 0 Å². The largest absolute Gasteiger partial charge is 0.379 e. The number of imidazole rings is 1. The molecule has 2 fully saturated rings. The molecule has 8 nitrogen and oxygen atoms in total. The van der Waals surface area contributed by atoms with E-state index in [1.807, 2.05) is 30.3 Å². The number of hydrogen-bond donors (Lipinski definition) is 2. The maximum Gasteiger partial charge on any atom is 0.258 e. The first-order valence-corrected chi connectivity index (χ1v) is 13.5. The van der Waals surface area contributed by atoms with E-state index in [2.05, 4.69) is 37.0 Å². The van der Waals surface area contributed by atoms with Crippen LogP contribution in [0.25, 0.3) is 22.2 Å². The summed E-state index contributed by atoms with van der Waals surface area (Å²) in [5.41, 5.74) is 4.46. The molecular formula is C30H32F2N6O2. The third-order valence-electron chi connectivity index (χ3n) is 7.67. The molecule has 0 spiro atoms. The van der Waals surface area contributed by atoms with Crippen LogP contribution < -0.4 is 10.2 Å². The van der Waals surface area contributed by atoms with E-state index in [9.17, 15) is 9.18 Å². The molecule has 2 aliphatic rings. The Morgan fingerprint density at radius 2 is 1.80 bits per heavy atom. The smallest absolute Gasteiger partial charge is 0.258 e. The van der Waals surface area contributed by atoms with Gasteiger partial charge < -0.3 is 24.8 Å². The van der Waals surface area contributed by atoms with Gasteiger partial charge in [-0.3, -0.25) is 9.69 Å². The first-order valence-electron chi connectivity index (χ1n) is 13.5. The normalized spacial score (nSPS) is 16.9. The molecule has 0 unspecified atom stereocenters. The van der Waals surface area contributed by atoms with Crippen LogP contribution in [0, 0.1) is 11.6 Å². The summed E-state index contributed by atoms with van der Waals surface area (Å²) < 4.78 is 35.0. The lowest BCUT2D eigenvalue weighted by atomic mass is 10.00. The van der Waals surface area contributed by atoms with E-state index < -0.39 is 11.7 Å². The summed E-state index contributed by atoms with van der Waals surface area (Å²) in [6, 6.07) is 13.3. The second kappa shape index (κ2) is 11.3. The number of H-pyrrole nitrogens is 1. The van der Waals surface area contributed by atoms with Crippen molar-refractivity contribution in [1.29, 1.82) is 0 Å². The first kappa shape index (κ1) is 26.4. The fourth-order valence-electron chi connectivity index (χ4n) is 5.41. The summed E-state index contributed by atoms with van der Waals surface area (Å²) in [6.45, 7) is 7.10. The Kier molecular flexibility index (Phi) is 7.46. The number of carbonyl (C=O) groups excluding carboxylic acids is 1. The van der Waals surface area contributed by atoms with Gasteiger partial charge in [-0.1, -0.05) is 12.1 Å². The molecule has 2 N–H and O–H groups in total. The third kappa shape index (κ3) is 5.56. The van der Waals surface area contributed by atoms with E-state index in [1.54, 1.807) is 0 Å². The minimum Gasteiger partial charge on any atom is -0.379 e. The Hall–Kier alpha value is -3.86. The SMILES string of the molecule is CN1CCN(c2ccc(-c3cc(CN4CCOCC4)ccc3F)cc2NC(=O)c2cc(F)cc3[nH]cnc23)CC1. The molecular weight excluding hydrogens is 514 g/mol. The number of nitrogens with one attached hydrogen (secondary N) is 2. The van der Waals surface area contributed by atoms with Crippen molar-refractivity contribution in [2.45, 2.75) is 6.54 Å². The molecule has 2 saturated heterocycles. The van der Waals surface area contributed by atoms with Crippen molar-refractivity contribution in [2.75, 3.05) is 69.7 Å². The third-order valence-corrected chi connectivity index (χ3v) is 7.67. The van der Waals surface area contributed by atoms with Gasteiger partial charge in [0.2, 0.25) is 0 Å². The number of likely N-dealkylation sites (N-methyl/N-ethyl adjacent to an activating group) is 1. The number of aromatic amines is 1. The van der Waals surface area contributed by atoms with Crippen molar-refractivity contribution >= 4 is 28.3 Å². The number of piperazine rings is 1. The van der Waals surface area contributed by atoms with Gasteiger partial charge in [-0.25, -0.2) is 13.8 Å². The average Bonchev–Trinajstić information content (AvgIpc) is 3.43. The van der Waals surface area contributed by atoms with Gasteiger partial charge in [0.15, 0.2) is 0 Å². The van der Waals surface area contributed by atoms with Gasteiger partial charge in [-0.2, -0.15) is 0 Å². The minimum atomic E-state index is -0.533. The summed E-state index contributed by atoms with van der Waals surface area (Å²) in [6.07, 6.45) is 1.43. The van der Waals surface area contributed by atoms with E-state index in [1.165, 1.54) is 24.5 Å². The lowest BCUT2D eigenvalue weighted by Gasteiger charge is -2.35. The van der Waals surface area contributed by atoms with E-state index in [0.717, 1.165) is 50.5 Å². The number of nitrogens with zero attached hydrogens (tertiary/aromatic N) is 4. The van der Waals surface area contributed by atoms with Gasteiger partial charge in [0.25, 0.3) is 5.91 Å². The molecule has 0 bridgehead atoms. The second-order valence-electron chi connectivity index (χ2n) is 10.4. The molecule has 4 aromatic rings. The number of aromatic nitrogens is 2. The number of rotatable bonds is 6. The Morgan fingerprint density at radius 1 is 1.00 bits per heavy atom. The molecule has 1 amide bonds. The van der Waals surface area contributed by atoms with Crippen molar-refractivity contribution in [1.82, 2.24) is 19.8 Å². The lowest BCUT2D eigenvalue weighted by Crippen LogP contribution is -2.44. The molecule has 10 heteroatoms. The number of ether oxygens (including phenoxy) is 1. The van der Waals surface area contributed by atoms with Crippen LogP contribution in [0.5, 0.6) is 0 Å². The van der Waals surface area contributed by atoms with Gasteiger partial charge in [0.05, 0.1) is 42.0 Å². The predicted molar refractivity (Wildman–Crippen MR) is 152 cm³/mol. The van der Waals surface area contributed by atoms with E-state index in [-0.39, 0.29) is 11.4 Å². The van der Waals surface area contributed by atoms with Crippen molar-refractivity contribution in [2.24, 2.45) is 0 Å². The molecule has 3 aromatic carbocycles. The number of amides is 1. The summed E-state index contributed by atoms with van der Waals surface area (Å²) in [4.78, 5) is 27.3. The van der Waals surface area contributed by atoms with Gasteiger partial charge in [0, 0.05) is 51.4 Å². The lowest BCUT2D eigenvalue weighted by molar-refractivity contribution is 0.0342. The molecule has 208 valence electrons. The summed E-state index contributed by atoms with van der Waals surface area (Å²) in [5, 5.41) is 3.00. The molecule has 6 rings (SSSR count). The van der Waals surface area contributed by atoms with Crippen molar-refractivity contribution in [3.63, 3.8) is 0 Å². The number of anilines is 2. The van der Waals surface area contributed by atoms with Crippen molar-refractivity contribution < 1.29 is 18.3 Å². The Labute approximate surface area is 231 Å². The predicted octanol–water partition coefficient (Wildman–Crippen LogP) is 4.34. The highest BCUT2D eigenvalue weighted by molar-refractivity contribution is 6.12. The zero-order chi connectivity index (χ0) is 27.6. The van der Waals surface area contributed by atoms with Crippen LogP contribution in [0.3, 0.4) is 0 Å². The monoisotopic (exact) mass is 546 g/mol. The van der Waals surface area contributed by atoms with Gasteiger partial charge in [-0.05, 0) is 54.6 Å². The fourth-order valence-corrected chi connectivity index (χ4v) is 5.41. The van der Waals surface area contributed by atoms with Gasteiger partial charge in [0.1, 0.15) is 17.2 Å². The van der Waals surface area contributed by atoms with E-state index in [0.29, 0.717) is 47.6 Å². The van der Waals surface area contributed by atoms with Crippen LogP contribution in [0.1, 0.15) is 15.9 Å². The first-order chi connectivity index (χ1) is 19.4. The van der Waals surface area contributed by atoms with Crippen LogP contribution in [-0.4, -0.2) is 85.2 Å². The number of morpholine rings is 1. The molecule has 0 aliphatic carbocycles. The summed E-state index contributed by atoms with van der Waals surface area (Å²) >= 11 is 0. The van der Waals surface area contributed by atoms with Crippen LogP contribution >= 0.6 is 0 Å². The zero-order valence-corrected chi connectivity index (χ0v) is 22.4. The number of halogens is 2. The highest BCUT2D eigenvalue weighted by atomic mass is 19.1. The molecule has 0 atom stereocenters. The quantitative estimate of drug-likeness (QED) is 0.375. The molecule has 40 heavy (non-hydrogen) atoms. The number of carbonyl (C=O) groups is 1. The Balaban J connectivity index is 1.35. The highest BCUT2D eigenvalue weighted by Crippen LogP contribution is 2.34. The van der Waals surface area contributed by atoms with E-state index >= 15 is 4.39 Å². The van der Waals surface area contributed by atoms with Crippen LogP contribution in [0.2, 0.25) is 0 Å². The second-order valence-corrected chi connectivity index (χ2v) is 10.4. The standard InChI is InChI=1S/C30H32F2N6O2/c1-36-6-8-38(9-7-36)28-5-3-21(23-14-20(2-4-25(23)32)18-37-10-12-40-13-11-37)15-26(28)35-30(39)24-16-22(31)17-27-29(24)34-19-33-27/h2-5,14-17,19H,6-13,18H2,1H3,(H,33,34)(H,35,39). The highest BCUT2D eigenvalue weighted by Gasteiger charge is 2.22. The number of hydrogen-bond acceptors (Lipinski definition) is 6. The average molecular weight is 547 g/mol. The molecule has 0 saturated carbocycles. The topological polar surface area (TPSA) is 76.7 Å².